The second kappa shape index (κ2) is 4.82. The molecule has 0 radical (unpaired) electrons. The van der Waals surface area contributed by atoms with Crippen LogP contribution in [-0.2, 0) is 10.2 Å². The molecule has 0 amide bonds. The van der Waals surface area contributed by atoms with Gasteiger partial charge in [-0.15, -0.1) is 0 Å². The van der Waals surface area contributed by atoms with Gasteiger partial charge in [-0.3, -0.25) is 0 Å². The molecule has 1 saturated heterocycles. The Morgan fingerprint density at radius 2 is 2.11 bits per heavy atom. The molecule has 0 bridgehead atoms. The van der Waals surface area contributed by atoms with Crippen molar-refractivity contribution in [1.29, 1.82) is 0 Å². The number of fused-ring (bicyclic) bond motifs is 1. The van der Waals surface area contributed by atoms with Gasteiger partial charge in [0.2, 0.25) is 0 Å². The minimum absolute atomic E-state index is 0.0361. The van der Waals surface area contributed by atoms with Crippen LogP contribution in [0.3, 0.4) is 0 Å². The van der Waals surface area contributed by atoms with Gasteiger partial charge in [-0.2, -0.15) is 0 Å². The second-order valence-electron chi connectivity index (χ2n) is 5.41. The summed E-state index contributed by atoms with van der Waals surface area (Å²) in [6, 6.07) is 6.03. The van der Waals surface area contributed by atoms with Crippen LogP contribution in [0.25, 0.3) is 10.9 Å². The molecule has 19 heavy (non-hydrogen) atoms. The fourth-order valence-corrected chi connectivity index (χ4v) is 3.48. The number of hydrogen-bond donors (Lipinski definition) is 2. The van der Waals surface area contributed by atoms with Crippen LogP contribution in [0.4, 0.5) is 0 Å². The Labute approximate surface area is 118 Å². The fourth-order valence-electron chi connectivity index (χ4n) is 3.31. The van der Waals surface area contributed by atoms with Crippen molar-refractivity contribution in [1.82, 2.24) is 4.98 Å². The van der Waals surface area contributed by atoms with E-state index in [0.717, 1.165) is 36.6 Å². The number of aromatic nitrogens is 1. The van der Waals surface area contributed by atoms with Crippen molar-refractivity contribution in [3.63, 3.8) is 0 Å². The Morgan fingerprint density at radius 1 is 1.37 bits per heavy atom. The molecule has 1 aromatic heterocycles. The number of halogens is 1. The van der Waals surface area contributed by atoms with Gasteiger partial charge in [-0.25, -0.2) is 0 Å². The van der Waals surface area contributed by atoms with E-state index in [1.165, 1.54) is 16.6 Å². The molecule has 3 N–H and O–H groups in total. The predicted octanol–water partition coefficient (Wildman–Crippen LogP) is 3.14. The standard InChI is InChI=1S/C15H19ClN2O/c1-10-14(15(9-17)4-6-19-7-5-15)12-3-2-11(16)8-13(12)18-10/h2-3,8,18H,4-7,9,17H2,1H3. The van der Waals surface area contributed by atoms with Gasteiger partial charge < -0.3 is 15.5 Å². The van der Waals surface area contributed by atoms with Gasteiger partial charge in [0, 0.05) is 46.8 Å². The normalized spacial score (nSPS) is 18.9. The summed E-state index contributed by atoms with van der Waals surface area (Å²) in [5.41, 5.74) is 9.81. The molecule has 2 aromatic rings. The summed E-state index contributed by atoms with van der Waals surface area (Å²) >= 11 is 6.07. The lowest BCUT2D eigenvalue weighted by molar-refractivity contribution is 0.0532. The number of ether oxygens (including phenoxy) is 1. The molecule has 1 aromatic carbocycles. The summed E-state index contributed by atoms with van der Waals surface area (Å²) in [5.74, 6) is 0. The van der Waals surface area contributed by atoms with Gasteiger partial charge in [-0.1, -0.05) is 17.7 Å². The van der Waals surface area contributed by atoms with E-state index < -0.39 is 0 Å². The number of H-pyrrole nitrogens is 1. The first kappa shape index (κ1) is 13.0. The van der Waals surface area contributed by atoms with E-state index in [-0.39, 0.29) is 5.41 Å². The fraction of sp³-hybridized carbons (Fsp3) is 0.467. The van der Waals surface area contributed by atoms with Crippen molar-refractivity contribution in [2.75, 3.05) is 19.8 Å². The van der Waals surface area contributed by atoms with Crippen molar-refractivity contribution in [2.45, 2.75) is 25.2 Å². The number of hydrogen-bond acceptors (Lipinski definition) is 2. The highest BCUT2D eigenvalue weighted by Crippen LogP contribution is 2.40. The lowest BCUT2D eigenvalue weighted by atomic mass is 9.73. The molecule has 3 rings (SSSR count). The zero-order valence-electron chi connectivity index (χ0n) is 11.1. The van der Waals surface area contributed by atoms with Gasteiger partial charge in [0.15, 0.2) is 0 Å². The Bertz CT molecular complexity index is 599. The molecule has 3 nitrogen and oxygen atoms in total. The number of aryl methyl sites for hydroxylation is 1. The number of aromatic amines is 1. The molecule has 0 atom stereocenters. The Kier molecular flexibility index (Phi) is 3.29. The first-order valence-corrected chi connectivity index (χ1v) is 7.10. The molecule has 2 heterocycles. The first-order chi connectivity index (χ1) is 9.16. The molecule has 0 saturated carbocycles. The van der Waals surface area contributed by atoms with Gasteiger partial charge in [0.05, 0.1) is 0 Å². The van der Waals surface area contributed by atoms with Gasteiger partial charge in [-0.05, 0) is 37.5 Å². The van der Waals surface area contributed by atoms with Crippen molar-refractivity contribution in [3.05, 3.63) is 34.5 Å². The smallest absolute Gasteiger partial charge is 0.0475 e. The molecule has 1 aliphatic heterocycles. The van der Waals surface area contributed by atoms with Crippen molar-refractivity contribution in [2.24, 2.45) is 5.73 Å². The van der Waals surface area contributed by atoms with E-state index in [0.29, 0.717) is 6.54 Å². The zero-order valence-corrected chi connectivity index (χ0v) is 11.9. The van der Waals surface area contributed by atoms with Crippen LogP contribution in [0.5, 0.6) is 0 Å². The molecule has 0 unspecified atom stereocenters. The van der Waals surface area contributed by atoms with E-state index in [2.05, 4.69) is 18.0 Å². The average molecular weight is 279 g/mol. The van der Waals surface area contributed by atoms with Crippen LogP contribution in [0.1, 0.15) is 24.1 Å². The number of nitrogens with two attached hydrogens (primary N) is 1. The topological polar surface area (TPSA) is 51.0 Å². The third-order valence-electron chi connectivity index (χ3n) is 4.32. The minimum atomic E-state index is 0.0361. The molecule has 4 heteroatoms. The summed E-state index contributed by atoms with van der Waals surface area (Å²) in [6.07, 6.45) is 1.97. The number of rotatable bonds is 2. The Balaban J connectivity index is 2.20. The summed E-state index contributed by atoms with van der Waals surface area (Å²) in [7, 11) is 0. The highest BCUT2D eigenvalue weighted by molar-refractivity contribution is 6.31. The van der Waals surface area contributed by atoms with Crippen LogP contribution in [0, 0.1) is 6.92 Å². The molecule has 0 spiro atoms. The van der Waals surface area contributed by atoms with E-state index in [1.54, 1.807) is 0 Å². The lowest BCUT2D eigenvalue weighted by Crippen LogP contribution is -2.41. The highest BCUT2D eigenvalue weighted by Gasteiger charge is 2.36. The minimum Gasteiger partial charge on any atom is -0.381 e. The van der Waals surface area contributed by atoms with Gasteiger partial charge >= 0.3 is 0 Å². The number of benzene rings is 1. The van der Waals surface area contributed by atoms with Crippen molar-refractivity contribution < 1.29 is 4.74 Å². The lowest BCUT2D eigenvalue weighted by Gasteiger charge is -2.37. The van der Waals surface area contributed by atoms with Crippen molar-refractivity contribution >= 4 is 22.5 Å². The Hall–Kier alpha value is -1.03. The highest BCUT2D eigenvalue weighted by atomic mass is 35.5. The molecule has 1 aliphatic rings. The molecule has 0 aliphatic carbocycles. The first-order valence-electron chi connectivity index (χ1n) is 6.72. The van der Waals surface area contributed by atoms with Crippen LogP contribution < -0.4 is 5.73 Å². The third kappa shape index (κ3) is 2.06. The maximum absolute atomic E-state index is 6.12. The van der Waals surface area contributed by atoms with Crippen molar-refractivity contribution in [3.8, 4) is 0 Å². The second-order valence-corrected chi connectivity index (χ2v) is 5.85. The van der Waals surface area contributed by atoms with E-state index >= 15 is 0 Å². The SMILES string of the molecule is Cc1[nH]c2cc(Cl)ccc2c1C1(CN)CCOCC1. The molecule has 1 fully saturated rings. The zero-order chi connectivity index (χ0) is 13.5. The molecule has 102 valence electrons. The largest absolute Gasteiger partial charge is 0.381 e. The summed E-state index contributed by atoms with van der Waals surface area (Å²) in [5, 5.41) is 2.00. The monoisotopic (exact) mass is 278 g/mol. The quantitative estimate of drug-likeness (QED) is 0.887. The van der Waals surface area contributed by atoms with Gasteiger partial charge in [0.1, 0.15) is 0 Å². The maximum atomic E-state index is 6.12. The Morgan fingerprint density at radius 3 is 2.79 bits per heavy atom. The van der Waals surface area contributed by atoms with Crippen LogP contribution in [0.2, 0.25) is 5.02 Å². The molecular formula is C15H19ClN2O. The van der Waals surface area contributed by atoms with Crippen LogP contribution >= 0.6 is 11.6 Å². The van der Waals surface area contributed by atoms with E-state index in [1.807, 2.05) is 12.1 Å². The maximum Gasteiger partial charge on any atom is 0.0475 e. The van der Waals surface area contributed by atoms with Crippen LogP contribution in [0.15, 0.2) is 18.2 Å². The summed E-state index contributed by atoms with van der Waals surface area (Å²) < 4.78 is 5.51. The summed E-state index contributed by atoms with van der Waals surface area (Å²) in [6.45, 7) is 4.36. The summed E-state index contributed by atoms with van der Waals surface area (Å²) in [4.78, 5) is 3.44. The van der Waals surface area contributed by atoms with E-state index in [4.69, 9.17) is 22.1 Å². The average Bonchev–Trinajstić information content (AvgIpc) is 2.75. The van der Waals surface area contributed by atoms with Crippen LogP contribution in [-0.4, -0.2) is 24.7 Å². The molecular weight excluding hydrogens is 260 g/mol. The number of nitrogens with one attached hydrogen (secondary N) is 1. The van der Waals surface area contributed by atoms with Gasteiger partial charge in [0.25, 0.3) is 0 Å². The third-order valence-corrected chi connectivity index (χ3v) is 4.55. The van der Waals surface area contributed by atoms with E-state index in [9.17, 15) is 0 Å². The predicted molar refractivity (Wildman–Crippen MR) is 78.8 cm³/mol.